The molecule has 0 saturated heterocycles. The summed E-state index contributed by atoms with van der Waals surface area (Å²) in [7, 11) is 0. The fraction of sp³-hybridized carbons (Fsp3) is 0.0370. The number of anilines is 1. The number of benzene rings is 4. The Hall–Kier alpha value is -3.63. The number of hydrogen-bond donors (Lipinski definition) is 1. The zero-order chi connectivity index (χ0) is 22.3. The number of carbonyl (C=O) groups excluding carboxylic acids is 1. The highest BCUT2D eigenvalue weighted by molar-refractivity contribution is 14.1. The van der Waals surface area contributed by atoms with Gasteiger partial charge in [0.1, 0.15) is 24.0 Å². The zero-order valence-corrected chi connectivity index (χ0v) is 19.2. The molecular formula is C27H19IN2O2. The molecule has 0 bridgehead atoms. The number of halogens is 1. The van der Waals surface area contributed by atoms with Crippen LogP contribution in [0.5, 0.6) is 5.75 Å². The van der Waals surface area contributed by atoms with Gasteiger partial charge < -0.3 is 10.1 Å². The number of nitrogens with one attached hydrogen (secondary N) is 1. The second kappa shape index (κ2) is 10.1. The van der Waals surface area contributed by atoms with Crippen molar-refractivity contribution >= 4 is 51.0 Å². The predicted molar refractivity (Wildman–Crippen MR) is 136 cm³/mol. The minimum Gasteiger partial charge on any atom is -0.488 e. The molecule has 0 aliphatic rings. The van der Waals surface area contributed by atoms with Crippen molar-refractivity contribution in [2.24, 2.45) is 0 Å². The van der Waals surface area contributed by atoms with Crippen molar-refractivity contribution in [2.45, 2.75) is 6.61 Å². The lowest BCUT2D eigenvalue weighted by Gasteiger charge is -2.13. The highest BCUT2D eigenvalue weighted by Gasteiger charge is 2.14. The number of ether oxygens (including phenoxy) is 1. The molecule has 156 valence electrons. The van der Waals surface area contributed by atoms with Crippen molar-refractivity contribution in [3.05, 3.63) is 111 Å². The fourth-order valence-corrected chi connectivity index (χ4v) is 3.89. The van der Waals surface area contributed by atoms with Crippen molar-refractivity contribution in [3.63, 3.8) is 0 Å². The van der Waals surface area contributed by atoms with Crippen LogP contribution in [0.3, 0.4) is 0 Å². The number of fused-ring (bicyclic) bond motifs is 1. The molecule has 0 heterocycles. The van der Waals surface area contributed by atoms with E-state index in [9.17, 15) is 10.1 Å². The molecule has 1 amide bonds. The van der Waals surface area contributed by atoms with Gasteiger partial charge in [-0.1, -0.05) is 66.7 Å². The van der Waals surface area contributed by atoms with Gasteiger partial charge >= 0.3 is 0 Å². The Bertz CT molecular complexity index is 1340. The van der Waals surface area contributed by atoms with Crippen LogP contribution in [-0.4, -0.2) is 5.91 Å². The third-order valence-corrected chi connectivity index (χ3v) is 5.58. The standard InChI is InChI=1S/C27H19IN2O2/c28-22-10-6-11-23(16-22)30-27(31)21(17-29)15-25-24-12-5-4-9-20(24)13-14-26(25)32-18-19-7-2-1-3-8-19/h1-16H,18H2,(H,30,31)/b21-15+. The zero-order valence-electron chi connectivity index (χ0n) is 17.1. The molecule has 0 atom stereocenters. The van der Waals surface area contributed by atoms with Crippen LogP contribution in [0.1, 0.15) is 11.1 Å². The number of hydrogen-bond acceptors (Lipinski definition) is 3. The average molecular weight is 530 g/mol. The van der Waals surface area contributed by atoms with E-state index in [-0.39, 0.29) is 5.57 Å². The van der Waals surface area contributed by atoms with Gasteiger partial charge in [-0.05, 0) is 69.3 Å². The molecule has 4 aromatic rings. The van der Waals surface area contributed by atoms with Crippen LogP contribution in [-0.2, 0) is 11.4 Å². The maximum atomic E-state index is 12.8. The van der Waals surface area contributed by atoms with Gasteiger partial charge in [0, 0.05) is 14.8 Å². The molecule has 1 N–H and O–H groups in total. The Morgan fingerprint density at radius 3 is 2.53 bits per heavy atom. The summed E-state index contributed by atoms with van der Waals surface area (Å²) in [4.78, 5) is 12.8. The summed E-state index contributed by atoms with van der Waals surface area (Å²) in [6.45, 7) is 0.385. The Morgan fingerprint density at radius 2 is 1.75 bits per heavy atom. The van der Waals surface area contributed by atoms with Gasteiger partial charge in [0.05, 0.1) is 0 Å². The summed E-state index contributed by atoms with van der Waals surface area (Å²) < 4.78 is 7.10. The van der Waals surface area contributed by atoms with Crippen LogP contribution in [0, 0.1) is 14.9 Å². The number of nitriles is 1. The fourth-order valence-electron chi connectivity index (χ4n) is 3.34. The molecule has 4 aromatic carbocycles. The van der Waals surface area contributed by atoms with E-state index in [4.69, 9.17) is 4.74 Å². The molecular weight excluding hydrogens is 511 g/mol. The Morgan fingerprint density at radius 1 is 0.969 bits per heavy atom. The highest BCUT2D eigenvalue weighted by atomic mass is 127. The van der Waals surface area contributed by atoms with Gasteiger partial charge in [-0.25, -0.2) is 0 Å². The van der Waals surface area contributed by atoms with Crippen LogP contribution in [0.4, 0.5) is 5.69 Å². The summed E-state index contributed by atoms with van der Waals surface area (Å²) in [6.07, 6.45) is 1.60. The lowest BCUT2D eigenvalue weighted by atomic mass is 10.0. The van der Waals surface area contributed by atoms with Crippen LogP contribution in [0.2, 0.25) is 0 Å². The smallest absolute Gasteiger partial charge is 0.266 e. The van der Waals surface area contributed by atoms with E-state index in [0.717, 1.165) is 19.9 Å². The van der Waals surface area contributed by atoms with Gasteiger partial charge in [0.25, 0.3) is 5.91 Å². The first kappa shape index (κ1) is 21.6. The van der Waals surface area contributed by atoms with E-state index in [1.807, 2.05) is 91.0 Å². The molecule has 0 spiro atoms. The summed E-state index contributed by atoms with van der Waals surface area (Å²) in [5, 5.41) is 14.5. The van der Waals surface area contributed by atoms with Crippen LogP contribution in [0.15, 0.2) is 96.6 Å². The van der Waals surface area contributed by atoms with Gasteiger partial charge in [-0.15, -0.1) is 0 Å². The first-order valence-electron chi connectivity index (χ1n) is 10.0. The summed E-state index contributed by atoms with van der Waals surface area (Å²) in [5.41, 5.74) is 2.38. The van der Waals surface area contributed by atoms with Crippen molar-refractivity contribution in [1.29, 1.82) is 5.26 Å². The summed E-state index contributed by atoms with van der Waals surface area (Å²) >= 11 is 2.18. The molecule has 4 rings (SSSR count). The van der Waals surface area contributed by atoms with Crippen molar-refractivity contribution in [2.75, 3.05) is 5.32 Å². The molecule has 0 fully saturated rings. The van der Waals surface area contributed by atoms with Gasteiger partial charge in [-0.2, -0.15) is 5.26 Å². The Labute approximate surface area is 200 Å². The van der Waals surface area contributed by atoms with Crippen LogP contribution in [0.25, 0.3) is 16.8 Å². The van der Waals surface area contributed by atoms with E-state index < -0.39 is 5.91 Å². The molecule has 0 aliphatic heterocycles. The maximum absolute atomic E-state index is 12.8. The molecule has 0 radical (unpaired) electrons. The van der Waals surface area contributed by atoms with Gasteiger partial charge in [0.15, 0.2) is 0 Å². The van der Waals surface area contributed by atoms with Crippen LogP contribution < -0.4 is 10.1 Å². The van der Waals surface area contributed by atoms with Crippen LogP contribution >= 0.6 is 22.6 Å². The Balaban J connectivity index is 1.70. The molecule has 0 saturated carbocycles. The molecule has 0 aromatic heterocycles. The lowest BCUT2D eigenvalue weighted by Crippen LogP contribution is -2.13. The second-order valence-electron chi connectivity index (χ2n) is 7.11. The molecule has 4 nitrogen and oxygen atoms in total. The number of rotatable bonds is 6. The van der Waals surface area contributed by atoms with E-state index in [1.165, 1.54) is 0 Å². The topological polar surface area (TPSA) is 62.1 Å². The van der Waals surface area contributed by atoms with Crippen molar-refractivity contribution in [1.82, 2.24) is 0 Å². The monoisotopic (exact) mass is 530 g/mol. The molecule has 0 unspecified atom stereocenters. The van der Waals surface area contributed by atoms with E-state index in [0.29, 0.717) is 23.6 Å². The SMILES string of the molecule is N#C/C(=C\c1c(OCc2ccccc2)ccc2ccccc12)C(=O)Nc1cccc(I)c1. The number of nitrogens with zero attached hydrogens (tertiary/aromatic N) is 1. The minimum absolute atomic E-state index is 0.00442. The van der Waals surface area contributed by atoms with Gasteiger partial charge in [-0.3, -0.25) is 4.79 Å². The van der Waals surface area contributed by atoms with E-state index in [1.54, 1.807) is 12.1 Å². The van der Waals surface area contributed by atoms with Gasteiger partial charge in [0.2, 0.25) is 0 Å². The molecule has 5 heteroatoms. The quantitative estimate of drug-likeness (QED) is 0.174. The normalized spacial score (nSPS) is 11.1. The van der Waals surface area contributed by atoms with E-state index in [2.05, 4.69) is 27.9 Å². The number of amides is 1. The molecule has 0 aliphatic carbocycles. The average Bonchev–Trinajstić information content (AvgIpc) is 2.82. The maximum Gasteiger partial charge on any atom is 0.266 e. The first-order chi connectivity index (χ1) is 15.6. The minimum atomic E-state index is -0.462. The first-order valence-corrected chi connectivity index (χ1v) is 11.1. The van der Waals surface area contributed by atoms with Crippen molar-refractivity contribution < 1.29 is 9.53 Å². The third-order valence-electron chi connectivity index (χ3n) is 4.90. The highest BCUT2D eigenvalue weighted by Crippen LogP contribution is 2.31. The molecule has 32 heavy (non-hydrogen) atoms. The second-order valence-corrected chi connectivity index (χ2v) is 8.35. The summed E-state index contributed by atoms with van der Waals surface area (Å²) in [5.74, 6) is 0.152. The lowest BCUT2D eigenvalue weighted by molar-refractivity contribution is -0.112. The Kier molecular flexibility index (Phi) is 6.83. The third kappa shape index (κ3) is 5.16. The summed E-state index contributed by atoms with van der Waals surface area (Å²) in [6, 6.07) is 31.0. The van der Waals surface area contributed by atoms with Crippen molar-refractivity contribution in [3.8, 4) is 11.8 Å². The number of carbonyl (C=O) groups is 1. The largest absolute Gasteiger partial charge is 0.488 e. The predicted octanol–water partition coefficient (Wildman–Crippen LogP) is 6.57. The van der Waals surface area contributed by atoms with E-state index >= 15 is 0 Å².